The number of nitrogens with one attached hydrogen (secondary N) is 1. The van der Waals surface area contributed by atoms with Gasteiger partial charge in [-0.25, -0.2) is 0 Å². The molecule has 0 aliphatic carbocycles. The summed E-state index contributed by atoms with van der Waals surface area (Å²) in [6.45, 7) is 7.05. The molecule has 15 heavy (non-hydrogen) atoms. The Balaban J connectivity index is 2.33. The van der Waals surface area contributed by atoms with Crippen LogP contribution in [-0.4, -0.2) is 26.8 Å². The summed E-state index contributed by atoms with van der Waals surface area (Å²) in [6, 6.07) is 6.63. The van der Waals surface area contributed by atoms with Gasteiger partial charge in [-0.1, -0.05) is 23.8 Å². The Hall–Kier alpha value is -0.860. The van der Waals surface area contributed by atoms with E-state index in [2.05, 4.69) is 37.4 Å². The molecule has 0 spiro atoms. The van der Waals surface area contributed by atoms with Crippen LogP contribution >= 0.6 is 0 Å². The minimum Gasteiger partial charge on any atom is -0.383 e. The largest absolute Gasteiger partial charge is 0.383 e. The van der Waals surface area contributed by atoms with Crippen LogP contribution in [0.2, 0.25) is 0 Å². The van der Waals surface area contributed by atoms with E-state index >= 15 is 0 Å². The molecule has 0 amide bonds. The first-order chi connectivity index (χ1) is 7.24. The maximum Gasteiger partial charge on any atom is 0.0587 e. The predicted molar refractivity (Wildman–Crippen MR) is 64.4 cm³/mol. The fourth-order valence-corrected chi connectivity index (χ4v) is 1.59. The van der Waals surface area contributed by atoms with Crippen LogP contribution in [0.25, 0.3) is 0 Å². The fourth-order valence-electron chi connectivity index (χ4n) is 1.59. The molecule has 0 atom stereocenters. The number of ether oxygens (including phenoxy) is 1. The van der Waals surface area contributed by atoms with Crippen LogP contribution in [0.1, 0.15) is 16.7 Å². The van der Waals surface area contributed by atoms with Crippen molar-refractivity contribution in [3.8, 4) is 0 Å². The van der Waals surface area contributed by atoms with Crippen molar-refractivity contribution in [2.24, 2.45) is 0 Å². The van der Waals surface area contributed by atoms with Crippen LogP contribution in [0.3, 0.4) is 0 Å². The van der Waals surface area contributed by atoms with Crippen LogP contribution < -0.4 is 5.32 Å². The zero-order chi connectivity index (χ0) is 11.1. The van der Waals surface area contributed by atoms with Crippen LogP contribution in [0.5, 0.6) is 0 Å². The highest BCUT2D eigenvalue weighted by Gasteiger charge is 1.98. The Morgan fingerprint density at radius 2 is 2.00 bits per heavy atom. The third kappa shape index (κ3) is 4.45. The molecule has 1 aromatic carbocycles. The molecule has 2 heteroatoms. The van der Waals surface area contributed by atoms with E-state index in [4.69, 9.17) is 4.74 Å². The van der Waals surface area contributed by atoms with Gasteiger partial charge in [0.1, 0.15) is 0 Å². The highest BCUT2D eigenvalue weighted by molar-refractivity contribution is 5.30. The van der Waals surface area contributed by atoms with Crippen LogP contribution in [-0.2, 0) is 11.2 Å². The Morgan fingerprint density at radius 3 is 2.73 bits per heavy atom. The SMILES string of the molecule is COCCNCCc1cc(C)ccc1C. The molecule has 0 fully saturated rings. The van der Waals surface area contributed by atoms with Crippen molar-refractivity contribution >= 4 is 0 Å². The molecule has 0 aromatic heterocycles. The Bertz CT molecular complexity index is 297. The monoisotopic (exact) mass is 207 g/mol. The van der Waals surface area contributed by atoms with Gasteiger partial charge in [0.05, 0.1) is 6.61 Å². The molecule has 2 nitrogen and oxygen atoms in total. The van der Waals surface area contributed by atoms with Gasteiger partial charge >= 0.3 is 0 Å². The van der Waals surface area contributed by atoms with Gasteiger partial charge < -0.3 is 10.1 Å². The van der Waals surface area contributed by atoms with E-state index in [1.807, 2.05) is 0 Å². The number of methoxy groups -OCH3 is 1. The first kappa shape index (κ1) is 12.2. The summed E-state index contributed by atoms with van der Waals surface area (Å²) in [7, 11) is 1.73. The van der Waals surface area contributed by atoms with Gasteiger partial charge in [0, 0.05) is 13.7 Å². The molecule has 0 aliphatic heterocycles. The minimum atomic E-state index is 0.785. The second-order valence-electron chi connectivity index (χ2n) is 3.92. The maximum atomic E-state index is 4.97. The summed E-state index contributed by atoms with van der Waals surface area (Å²) in [4.78, 5) is 0. The maximum absolute atomic E-state index is 4.97. The van der Waals surface area contributed by atoms with Gasteiger partial charge in [-0.2, -0.15) is 0 Å². The normalized spacial score (nSPS) is 10.6. The van der Waals surface area contributed by atoms with Crippen molar-refractivity contribution < 1.29 is 4.74 Å². The van der Waals surface area contributed by atoms with E-state index < -0.39 is 0 Å². The molecule has 0 radical (unpaired) electrons. The zero-order valence-electron chi connectivity index (χ0n) is 9.97. The lowest BCUT2D eigenvalue weighted by Crippen LogP contribution is -2.21. The fraction of sp³-hybridized carbons (Fsp3) is 0.538. The summed E-state index contributed by atoms with van der Waals surface area (Å²) in [6.07, 6.45) is 1.09. The third-order valence-electron chi connectivity index (χ3n) is 2.56. The number of hydrogen-bond donors (Lipinski definition) is 1. The van der Waals surface area contributed by atoms with Crippen molar-refractivity contribution in [2.75, 3.05) is 26.8 Å². The van der Waals surface area contributed by atoms with Crippen molar-refractivity contribution in [3.05, 3.63) is 34.9 Å². The van der Waals surface area contributed by atoms with E-state index in [9.17, 15) is 0 Å². The minimum absolute atomic E-state index is 0.785. The number of rotatable bonds is 6. The van der Waals surface area contributed by atoms with Gasteiger partial charge in [-0.15, -0.1) is 0 Å². The molecule has 1 aromatic rings. The first-order valence-electron chi connectivity index (χ1n) is 5.50. The standard InChI is InChI=1S/C13H21NO/c1-11-4-5-12(2)13(10-11)6-7-14-8-9-15-3/h4-5,10,14H,6-9H2,1-3H3. The smallest absolute Gasteiger partial charge is 0.0587 e. The zero-order valence-corrected chi connectivity index (χ0v) is 9.97. The van der Waals surface area contributed by atoms with E-state index in [-0.39, 0.29) is 0 Å². The molecule has 1 rings (SSSR count). The van der Waals surface area contributed by atoms with Gasteiger partial charge in [-0.3, -0.25) is 0 Å². The quantitative estimate of drug-likeness (QED) is 0.721. The Morgan fingerprint density at radius 1 is 1.20 bits per heavy atom. The van der Waals surface area contributed by atoms with Crippen LogP contribution in [0.15, 0.2) is 18.2 Å². The average Bonchev–Trinajstić information content (AvgIpc) is 2.23. The molecule has 0 unspecified atom stereocenters. The second kappa shape index (κ2) is 6.59. The van der Waals surface area contributed by atoms with Gasteiger partial charge in [0.25, 0.3) is 0 Å². The van der Waals surface area contributed by atoms with Gasteiger partial charge in [-0.05, 0) is 37.9 Å². The molecule has 1 N–H and O–H groups in total. The Kier molecular flexibility index (Phi) is 5.37. The molecular formula is C13H21NO. The van der Waals surface area contributed by atoms with Crippen LogP contribution in [0, 0.1) is 13.8 Å². The van der Waals surface area contributed by atoms with Crippen LogP contribution in [0.4, 0.5) is 0 Å². The molecule has 84 valence electrons. The summed E-state index contributed by atoms with van der Waals surface area (Å²) in [5, 5.41) is 3.36. The topological polar surface area (TPSA) is 21.3 Å². The first-order valence-corrected chi connectivity index (χ1v) is 5.50. The lowest BCUT2D eigenvalue weighted by atomic mass is 10.0. The molecule has 0 bridgehead atoms. The van der Waals surface area contributed by atoms with E-state index in [0.717, 1.165) is 26.1 Å². The van der Waals surface area contributed by atoms with Crippen molar-refractivity contribution in [1.82, 2.24) is 5.32 Å². The number of benzene rings is 1. The lowest BCUT2D eigenvalue weighted by molar-refractivity contribution is 0.199. The lowest BCUT2D eigenvalue weighted by Gasteiger charge is -2.08. The summed E-state index contributed by atoms with van der Waals surface area (Å²) < 4.78 is 4.97. The number of hydrogen-bond acceptors (Lipinski definition) is 2. The van der Waals surface area contributed by atoms with Crippen molar-refractivity contribution in [3.63, 3.8) is 0 Å². The van der Waals surface area contributed by atoms with E-state index in [0.29, 0.717) is 0 Å². The summed E-state index contributed by atoms with van der Waals surface area (Å²) in [5.41, 5.74) is 4.17. The highest BCUT2D eigenvalue weighted by atomic mass is 16.5. The highest BCUT2D eigenvalue weighted by Crippen LogP contribution is 2.10. The second-order valence-corrected chi connectivity index (χ2v) is 3.92. The summed E-state index contributed by atoms with van der Waals surface area (Å²) >= 11 is 0. The predicted octanol–water partition coefficient (Wildman–Crippen LogP) is 2.08. The molecule has 0 saturated heterocycles. The van der Waals surface area contributed by atoms with Gasteiger partial charge in [0.2, 0.25) is 0 Å². The molecule has 0 heterocycles. The molecule has 0 aliphatic rings. The Labute approximate surface area is 92.6 Å². The summed E-state index contributed by atoms with van der Waals surface area (Å²) in [5.74, 6) is 0. The average molecular weight is 207 g/mol. The van der Waals surface area contributed by atoms with Crippen molar-refractivity contribution in [2.45, 2.75) is 20.3 Å². The van der Waals surface area contributed by atoms with E-state index in [1.54, 1.807) is 7.11 Å². The molecule has 0 saturated carbocycles. The van der Waals surface area contributed by atoms with E-state index in [1.165, 1.54) is 16.7 Å². The van der Waals surface area contributed by atoms with Crippen molar-refractivity contribution in [1.29, 1.82) is 0 Å². The number of aryl methyl sites for hydroxylation is 2. The van der Waals surface area contributed by atoms with Gasteiger partial charge in [0.15, 0.2) is 0 Å². The molecular weight excluding hydrogens is 186 g/mol. The third-order valence-corrected chi connectivity index (χ3v) is 2.56.